The molecule has 2 aromatic rings. The van der Waals surface area contributed by atoms with Gasteiger partial charge in [0.2, 0.25) is 0 Å². The van der Waals surface area contributed by atoms with Crippen LogP contribution in [0.5, 0.6) is 0 Å². The zero-order chi connectivity index (χ0) is 14.5. The molecule has 0 fully saturated rings. The standard InChI is InChI=1S/C15H12FNO3/c1-2-20-15(19)14-8-11(7-13(9-18)17-14)10-3-5-12(16)6-4-10/h3-9H,2H2,1H3. The first kappa shape index (κ1) is 13.9. The van der Waals surface area contributed by atoms with E-state index in [0.717, 1.165) is 0 Å². The summed E-state index contributed by atoms with van der Waals surface area (Å²) >= 11 is 0. The third kappa shape index (κ3) is 3.06. The monoisotopic (exact) mass is 273 g/mol. The Morgan fingerprint density at radius 2 is 1.95 bits per heavy atom. The number of esters is 1. The van der Waals surface area contributed by atoms with Crippen LogP contribution in [0.25, 0.3) is 11.1 Å². The second kappa shape index (κ2) is 6.06. The van der Waals surface area contributed by atoms with Gasteiger partial charge in [0.1, 0.15) is 17.2 Å². The smallest absolute Gasteiger partial charge is 0.356 e. The van der Waals surface area contributed by atoms with Crippen molar-refractivity contribution in [1.82, 2.24) is 4.98 Å². The van der Waals surface area contributed by atoms with Crippen LogP contribution in [-0.4, -0.2) is 23.8 Å². The summed E-state index contributed by atoms with van der Waals surface area (Å²) in [4.78, 5) is 26.5. The van der Waals surface area contributed by atoms with Crippen LogP contribution in [0.2, 0.25) is 0 Å². The average molecular weight is 273 g/mol. The third-order valence-electron chi connectivity index (χ3n) is 2.63. The summed E-state index contributed by atoms with van der Waals surface area (Å²) in [7, 11) is 0. The molecule has 0 unspecified atom stereocenters. The zero-order valence-electron chi connectivity index (χ0n) is 10.8. The maximum absolute atomic E-state index is 12.9. The number of rotatable bonds is 4. The molecule has 0 amide bonds. The zero-order valence-corrected chi connectivity index (χ0v) is 10.8. The number of pyridine rings is 1. The van der Waals surface area contributed by atoms with E-state index in [-0.39, 0.29) is 23.8 Å². The van der Waals surface area contributed by atoms with E-state index >= 15 is 0 Å². The van der Waals surface area contributed by atoms with Crippen molar-refractivity contribution in [2.24, 2.45) is 0 Å². The maximum atomic E-state index is 12.9. The third-order valence-corrected chi connectivity index (χ3v) is 2.63. The molecule has 0 N–H and O–H groups in total. The molecule has 0 aliphatic rings. The van der Waals surface area contributed by atoms with E-state index in [1.807, 2.05) is 0 Å². The molecule has 4 nitrogen and oxygen atoms in total. The molecule has 2 rings (SSSR count). The van der Waals surface area contributed by atoms with Crippen LogP contribution in [-0.2, 0) is 4.74 Å². The molecular formula is C15H12FNO3. The van der Waals surface area contributed by atoms with Crippen LogP contribution in [0.3, 0.4) is 0 Å². The first-order chi connectivity index (χ1) is 9.63. The van der Waals surface area contributed by atoms with E-state index in [2.05, 4.69) is 4.98 Å². The molecule has 0 spiro atoms. The lowest BCUT2D eigenvalue weighted by molar-refractivity contribution is 0.0519. The number of aromatic nitrogens is 1. The van der Waals surface area contributed by atoms with Gasteiger partial charge in [0.25, 0.3) is 0 Å². The molecular weight excluding hydrogens is 261 g/mol. The second-order valence-electron chi connectivity index (χ2n) is 4.01. The predicted molar refractivity (Wildman–Crippen MR) is 71.0 cm³/mol. The fourth-order valence-electron chi connectivity index (χ4n) is 1.73. The van der Waals surface area contributed by atoms with Gasteiger partial charge in [-0.15, -0.1) is 0 Å². The largest absolute Gasteiger partial charge is 0.461 e. The van der Waals surface area contributed by atoms with E-state index in [9.17, 15) is 14.0 Å². The molecule has 5 heteroatoms. The number of benzene rings is 1. The Labute approximate surface area is 115 Å². The molecule has 1 aromatic heterocycles. The quantitative estimate of drug-likeness (QED) is 0.635. The highest BCUT2D eigenvalue weighted by Crippen LogP contribution is 2.21. The lowest BCUT2D eigenvalue weighted by Gasteiger charge is -2.06. The van der Waals surface area contributed by atoms with Gasteiger partial charge in [-0.25, -0.2) is 14.2 Å². The molecule has 0 aliphatic heterocycles. The van der Waals surface area contributed by atoms with Crippen LogP contribution in [0, 0.1) is 5.82 Å². The molecule has 102 valence electrons. The Morgan fingerprint density at radius 3 is 2.55 bits per heavy atom. The molecule has 20 heavy (non-hydrogen) atoms. The van der Waals surface area contributed by atoms with Crippen molar-refractivity contribution >= 4 is 12.3 Å². The first-order valence-electron chi connectivity index (χ1n) is 6.04. The number of carbonyl (C=O) groups is 2. The Hall–Kier alpha value is -2.56. The topological polar surface area (TPSA) is 56.3 Å². The van der Waals surface area contributed by atoms with Crippen LogP contribution < -0.4 is 0 Å². The van der Waals surface area contributed by atoms with E-state index in [0.29, 0.717) is 17.4 Å². The minimum atomic E-state index is -0.598. The number of halogens is 1. The highest BCUT2D eigenvalue weighted by molar-refractivity contribution is 5.90. The van der Waals surface area contributed by atoms with Crippen molar-refractivity contribution in [3.05, 3.63) is 53.6 Å². The number of ether oxygens (including phenoxy) is 1. The van der Waals surface area contributed by atoms with Gasteiger partial charge < -0.3 is 4.74 Å². The highest BCUT2D eigenvalue weighted by atomic mass is 19.1. The fourth-order valence-corrected chi connectivity index (χ4v) is 1.73. The molecule has 0 saturated carbocycles. The van der Waals surface area contributed by atoms with Crippen molar-refractivity contribution in [3.8, 4) is 11.1 Å². The summed E-state index contributed by atoms with van der Waals surface area (Å²) in [6.07, 6.45) is 0.551. The Kier molecular flexibility index (Phi) is 4.20. The van der Waals surface area contributed by atoms with Crippen molar-refractivity contribution in [1.29, 1.82) is 0 Å². The summed E-state index contributed by atoms with van der Waals surface area (Å²) in [5.74, 6) is -0.955. The number of aldehydes is 1. The summed E-state index contributed by atoms with van der Waals surface area (Å²) in [5, 5.41) is 0. The van der Waals surface area contributed by atoms with Gasteiger partial charge in [-0.1, -0.05) is 12.1 Å². The first-order valence-corrected chi connectivity index (χ1v) is 6.04. The van der Waals surface area contributed by atoms with Gasteiger partial charge >= 0.3 is 5.97 Å². The van der Waals surface area contributed by atoms with Crippen molar-refractivity contribution in [2.75, 3.05) is 6.61 Å². The van der Waals surface area contributed by atoms with Crippen molar-refractivity contribution in [2.45, 2.75) is 6.92 Å². The van der Waals surface area contributed by atoms with Gasteiger partial charge in [-0.3, -0.25) is 4.79 Å². The lowest BCUT2D eigenvalue weighted by atomic mass is 10.0. The second-order valence-corrected chi connectivity index (χ2v) is 4.01. The minimum Gasteiger partial charge on any atom is -0.461 e. The fraction of sp³-hybridized carbons (Fsp3) is 0.133. The van der Waals surface area contributed by atoms with Crippen LogP contribution >= 0.6 is 0 Å². The van der Waals surface area contributed by atoms with E-state index in [1.54, 1.807) is 19.1 Å². The molecule has 1 heterocycles. The van der Waals surface area contributed by atoms with Gasteiger partial charge in [0.05, 0.1) is 6.61 Å². The van der Waals surface area contributed by atoms with Crippen LogP contribution in [0.15, 0.2) is 36.4 Å². The SMILES string of the molecule is CCOC(=O)c1cc(-c2ccc(F)cc2)cc(C=O)n1. The number of carbonyl (C=O) groups excluding carboxylic acids is 2. The minimum absolute atomic E-state index is 0.0516. The summed E-state index contributed by atoms with van der Waals surface area (Å²) in [5.41, 5.74) is 1.46. The summed E-state index contributed by atoms with van der Waals surface area (Å²) in [6.45, 7) is 1.90. The highest BCUT2D eigenvalue weighted by Gasteiger charge is 2.12. The van der Waals surface area contributed by atoms with Gasteiger partial charge in [-0.05, 0) is 42.3 Å². The van der Waals surface area contributed by atoms with Gasteiger partial charge in [0, 0.05) is 0 Å². The maximum Gasteiger partial charge on any atom is 0.356 e. The van der Waals surface area contributed by atoms with Crippen LogP contribution in [0.1, 0.15) is 27.9 Å². The number of nitrogens with zero attached hydrogens (tertiary/aromatic N) is 1. The molecule has 0 bridgehead atoms. The normalized spacial score (nSPS) is 10.1. The average Bonchev–Trinajstić information content (AvgIpc) is 2.47. The number of hydrogen-bond acceptors (Lipinski definition) is 4. The molecule has 1 aromatic carbocycles. The predicted octanol–water partition coefficient (Wildman–Crippen LogP) is 2.88. The molecule has 0 radical (unpaired) electrons. The van der Waals surface area contributed by atoms with E-state index in [1.165, 1.54) is 24.3 Å². The molecule has 0 aliphatic carbocycles. The Bertz CT molecular complexity index is 638. The Balaban J connectivity index is 2.47. The van der Waals surface area contributed by atoms with E-state index in [4.69, 9.17) is 4.74 Å². The Morgan fingerprint density at radius 1 is 1.25 bits per heavy atom. The number of hydrogen-bond donors (Lipinski definition) is 0. The van der Waals surface area contributed by atoms with E-state index < -0.39 is 5.97 Å². The summed E-state index contributed by atoms with van der Waals surface area (Å²) < 4.78 is 17.8. The van der Waals surface area contributed by atoms with Crippen molar-refractivity contribution < 1.29 is 18.7 Å². The van der Waals surface area contributed by atoms with Crippen LogP contribution in [0.4, 0.5) is 4.39 Å². The summed E-state index contributed by atoms with van der Waals surface area (Å²) in [6, 6.07) is 8.78. The van der Waals surface area contributed by atoms with Gasteiger partial charge in [0.15, 0.2) is 6.29 Å². The lowest BCUT2D eigenvalue weighted by Crippen LogP contribution is -2.08. The molecule has 0 saturated heterocycles. The molecule has 0 atom stereocenters. The van der Waals surface area contributed by atoms with Gasteiger partial charge in [-0.2, -0.15) is 0 Å². The van der Waals surface area contributed by atoms with Crippen molar-refractivity contribution in [3.63, 3.8) is 0 Å².